The molecule has 0 aliphatic carbocycles. The van der Waals surface area contributed by atoms with Gasteiger partial charge in [0.2, 0.25) is 5.91 Å². The van der Waals surface area contributed by atoms with Gasteiger partial charge in [-0.15, -0.1) is 0 Å². The highest BCUT2D eigenvalue weighted by molar-refractivity contribution is 7.81. The molecule has 0 spiro atoms. The molecule has 1 aromatic carbocycles. The summed E-state index contributed by atoms with van der Waals surface area (Å²) >= 11 is 3.92. The highest BCUT2D eigenvalue weighted by Gasteiger charge is 2.11. The van der Waals surface area contributed by atoms with Crippen LogP contribution in [0.25, 0.3) is 17.3 Å². The number of amides is 1. The van der Waals surface area contributed by atoms with E-state index in [0.29, 0.717) is 0 Å². The molecule has 0 aliphatic rings. The van der Waals surface area contributed by atoms with E-state index in [1.54, 1.807) is 0 Å². The van der Waals surface area contributed by atoms with Crippen LogP contribution in [0, 0.1) is 6.92 Å². The number of benzene rings is 1. The molecule has 2 rings (SSSR count). The lowest BCUT2D eigenvalue weighted by atomic mass is 10.1. The van der Waals surface area contributed by atoms with Crippen LogP contribution in [0.2, 0.25) is 0 Å². The number of nitrogens with one attached hydrogen (secondary N) is 1. The smallest absolute Gasteiger partial charge is 0.229 e. The second-order valence-electron chi connectivity index (χ2n) is 5.63. The molecule has 2 aromatic rings. The van der Waals surface area contributed by atoms with E-state index in [4.69, 9.17) is 4.52 Å². The van der Waals surface area contributed by atoms with Gasteiger partial charge in [0.15, 0.2) is 0 Å². The average molecular weight is 344 g/mol. The summed E-state index contributed by atoms with van der Waals surface area (Å²) in [6, 6.07) is 10.1. The van der Waals surface area contributed by atoms with Crippen LogP contribution in [-0.2, 0) is 4.79 Å². The maximum absolute atomic E-state index is 11.0. The Morgan fingerprint density at radius 1 is 1.25 bits per heavy atom. The molecule has 5 heteroatoms. The molecule has 1 amide bonds. The molecule has 1 aromatic heterocycles. The lowest BCUT2D eigenvalue weighted by molar-refractivity contribution is -0.118. The lowest BCUT2D eigenvalue weighted by Crippen LogP contribution is -2.25. The molecule has 24 heavy (non-hydrogen) atoms. The predicted molar refractivity (Wildman–Crippen MR) is 101 cm³/mol. The molecule has 4 nitrogen and oxygen atoms in total. The molecule has 0 saturated carbocycles. The van der Waals surface area contributed by atoms with Crippen molar-refractivity contribution in [1.82, 2.24) is 10.5 Å². The lowest BCUT2D eigenvalue weighted by Gasteiger charge is -2.02. The number of unbranched alkanes of at least 4 members (excludes halogenated alkanes) is 3. The minimum absolute atomic E-state index is 0.00500. The quantitative estimate of drug-likeness (QED) is 0.527. The zero-order valence-electron chi connectivity index (χ0n) is 14.0. The van der Waals surface area contributed by atoms with Crippen molar-refractivity contribution in [2.24, 2.45) is 0 Å². The summed E-state index contributed by atoms with van der Waals surface area (Å²) in [6.07, 6.45) is 8.44. The van der Waals surface area contributed by atoms with Crippen molar-refractivity contribution in [3.63, 3.8) is 0 Å². The molecule has 0 unspecified atom stereocenters. The highest BCUT2D eigenvalue weighted by Crippen LogP contribution is 2.26. The fraction of sp³-hybridized carbons (Fsp3) is 0.368. The second kappa shape index (κ2) is 9.98. The Bertz CT molecular complexity index is 665. The SMILES string of the molecule is Cc1onc(-c2ccccc2)c1C=CCCCCCNC(=O)CS. The Morgan fingerprint density at radius 2 is 2.04 bits per heavy atom. The summed E-state index contributed by atoms with van der Waals surface area (Å²) < 4.78 is 5.35. The van der Waals surface area contributed by atoms with Crippen LogP contribution in [0.5, 0.6) is 0 Å². The number of thiol groups is 1. The molecule has 1 heterocycles. The Labute approximate surface area is 148 Å². The van der Waals surface area contributed by atoms with Gasteiger partial charge in [-0.25, -0.2) is 0 Å². The summed E-state index contributed by atoms with van der Waals surface area (Å²) in [6.45, 7) is 2.66. The maximum atomic E-state index is 11.0. The molecule has 0 bridgehead atoms. The fourth-order valence-electron chi connectivity index (χ4n) is 2.43. The number of aryl methyl sites for hydroxylation is 1. The third kappa shape index (κ3) is 5.57. The van der Waals surface area contributed by atoms with E-state index in [1.807, 2.05) is 37.3 Å². The van der Waals surface area contributed by atoms with Crippen molar-refractivity contribution >= 4 is 24.6 Å². The zero-order chi connectivity index (χ0) is 17.2. The normalized spacial score (nSPS) is 11.1. The first-order chi connectivity index (χ1) is 11.7. The third-order valence-corrected chi connectivity index (χ3v) is 4.04. The second-order valence-corrected chi connectivity index (χ2v) is 5.94. The van der Waals surface area contributed by atoms with Gasteiger partial charge in [0.25, 0.3) is 0 Å². The van der Waals surface area contributed by atoms with Gasteiger partial charge in [0.1, 0.15) is 11.5 Å². The van der Waals surface area contributed by atoms with Gasteiger partial charge in [-0.05, 0) is 26.2 Å². The first-order valence-electron chi connectivity index (χ1n) is 8.28. The van der Waals surface area contributed by atoms with Gasteiger partial charge in [-0.2, -0.15) is 12.6 Å². The molecular weight excluding hydrogens is 320 g/mol. The topological polar surface area (TPSA) is 55.1 Å². The first-order valence-corrected chi connectivity index (χ1v) is 8.91. The Balaban J connectivity index is 1.79. The van der Waals surface area contributed by atoms with Crippen molar-refractivity contribution in [2.75, 3.05) is 12.3 Å². The van der Waals surface area contributed by atoms with Gasteiger partial charge in [-0.3, -0.25) is 4.79 Å². The van der Waals surface area contributed by atoms with Crippen molar-refractivity contribution in [3.8, 4) is 11.3 Å². The average Bonchev–Trinajstić information content (AvgIpc) is 2.98. The van der Waals surface area contributed by atoms with Crippen LogP contribution >= 0.6 is 12.6 Å². The van der Waals surface area contributed by atoms with E-state index in [9.17, 15) is 4.79 Å². The number of aromatic nitrogens is 1. The number of hydrogen-bond donors (Lipinski definition) is 2. The number of carbonyl (C=O) groups excluding carboxylic acids is 1. The Hall–Kier alpha value is -2.01. The molecule has 1 N–H and O–H groups in total. The van der Waals surface area contributed by atoms with Crippen LogP contribution in [0.3, 0.4) is 0 Å². The molecule has 0 aliphatic heterocycles. The van der Waals surface area contributed by atoms with Gasteiger partial charge in [-0.1, -0.05) is 54.1 Å². The van der Waals surface area contributed by atoms with Gasteiger partial charge < -0.3 is 9.84 Å². The van der Waals surface area contributed by atoms with Crippen LogP contribution in [0.4, 0.5) is 0 Å². The predicted octanol–water partition coefficient (Wildman–Crippen LogP) is 4.27. The van der Waals surface area contributed by atoms with E-state index in [-0.39, 0.29) is 11.7 Å². The molecule has 0 radical (unpaired) electrons. The number of carbonyl (C=O) groups is 1. The van der Waals surface area contributed by atoms with E-state index in [2.05, 4.69) is 35.3 Å². The van der Waals surface area contributed by atoms with Gasteiger partial charge >= 0.3 is 0 Å². The monoisotopic (exact) mass is 344 g/mol. The molecule has 128 valence electrons. The molecular formula is C19H24N2O2S. The maximum Gasteiger partial charge on any atom is 0.229 e. The number of allylic oxidation sites excluding steroid dienone is 1. The highest BCUT2D eigenvalue weighted by atomic mass is 32.1. The van der Waals surface area contributed by atoms with E-state index < -0.39 is 0 Å². The first kappa shape index (κ1) is 18.3. The summed E-state index contributed by atoms with van der Waals surface area (Å²) in [5.41, 5.74) is 3.00. The largest absolute Gasteiger partial charge is 0.360 e. The van der Waals surface area contributed by atoms with E-state index in [1.165, 1.54) is 0 Å². The number of rotatable bonds is 9. The van der Waals surface area contributed by atoms with E-state index in [0.717, 1.165) is 54.8 Å². The summed E-state index contributed by atoms with van der Waals surface area (Å²) in [4.78, 5) is 11.0. The van der Waals surface area contributed by atoms with Crippen molar-refractivity contribution in [1.29, 1.82) is 0 Å². The molecule has 0 fully saturated rings. The van der Waals surface area contributed by atoms with Crippen LogP contribution in [-0.4, -0.2) is 23.4 Å². The van der Waals surface area contributed by atoms with Gasteiger partial charge in [0, 0.05) is 17.7 Å². The standard InChI is InChI=1S/C19H24N2O2S/c1-15-17(19(21-23-15)16-10-6-5-7-11-16)12-8-3-2-4-9-13-20-18(22)14-24/h5-8,10-12,24H,2-4,9,13-14H2,1H3,(H,20,22). The Kier molecular flexibility index (Phi) is 7.62. The van der Waals surface area contributed by atoms with Crippen LogP contribution in [0.1, 0.15) is 37.0 Å². The van der Waals surface area contributed by atoms with E-state index >= 15 is 0 Å². The molecule has 0 saturated heterocycles. The van der Waals surface area contributed by atoms with Crippen molar-refractivity contribution < 1.29 is 9.32 Å². The minimum Gasteiger partial charge on any atom is -0.360 e. The van der Waals surface area contributed by atoms with Crippen molar-refractivity contribution in [2.45, 2.75) is 32.6 Å². The number of hydrogen-bond acceptors (Lipinski definition) is 4. The van der Waals surface area contributed by atoms with Crippen LogP contribution in [0.15, 0.2) is 40.9 Å². The van der Waals surface area contributed by atoms with Crippen LogP contribution < -0.4 is 5.32 Å². The summed E-state index contributed by atoms with van der Waals surface area (Å²) in [5, 5.41) is 7.00. The third-order valence-electron chi connectivity index (χ3n) is 3.75. The van der Waals surface area contributed by atoms with Crippen molar-refractivity contribution in [3.05, 3.63) is 47.7 Å². The number of nitrogens with zero attached hydrogens (tertiary/aromatic N) is 1. The Morgan fingerprint density at radius 3 is 2.79 bits per heavy atom. The minimum atomic E-state index is -0.00500. The summed E-state index contributed by atoms with van der Waals surface area (Å²) in [5.74, 6) is 1.08. The zero-order valence-corrected chi connectivity index (χ0v) is 14.9. The summed E-state index contributed by atoms with van der Waals surface area (Å²) in [7, 11) is 0. The molecule has 0 atom stereocenters. The van der Waals surface area contributed by atoms with Gasteiger partial charge in [0.05, 0.1) is 5.75 Å². The fourth-order valence-corrected chi connectivity index (χ4v) is 2.54.